The van der Waals surface area contributed by atoms with Gasteiger partial charge in [-0.25, -0.2) is 9.48 Å². The van der Waals surface area contributed by atoms with Crippen LogP contribution in [0.1, 0.15) is 19.2 Å². The van der Waals surface area contributed by atoms with Gasteiger partial charge in [0, 0.05) is 12.5 Å². The Hall–Kier alpha value is -2.16. The van der Waals surface area contributed by atoms with Gasteiger partial charge in [0.1, 0.15) is 5.82 Å². The first-order valence-corrected chi connectivity index (χ1v) is 7.18. The Bertz CT molecular complexity index is 545. The van der Waals surface area contributed by atoms with E-state index in [0.29, 0.717) is 13.2 Å². The lowest BCUT2D eigenvalue weighted by Gasteiger charge is -2.30. The van der Waals surface area contributed by atoms with Crippen molar-refractivity contribution in [1.29, 1.82) is 0 Å². The molecule has 22 heavy (non-hydrogen) atoms. The Morgan fingerprint density at radius 3 is 2.95 bits per heavy atom. The first kappa shape index (κ1) is 16.2. The summed E-state index contributed by atoms with van der Waals surface area (Å²) < 4.78 is 11.2. The predicted octanol–water partition coefficient (Wildman–Crippen LogP) is 0.266. The van der Waals surface area contributed by atoms with Gasteiger partial charge in [-0.2, -0.15) is 4.98 Å². The van der Waals surface area contributed by atoms with Crippen molar-refractivity contribution in [2.45, 2.75) is 32.4 Å². The zero-order valence-electron chi connectivity index (χ0n) is 13.0. The van der Waals surface area contributed by atoms with E-state index in [1.165, 1.54) is 7.11 Å². The molecule has 0 fully saturated rings. The number of aryl methyl sites for hydroxylation is 1. The predicted molar refractivity (Wildman–Crippen MR) is 77.4 cm³/mol. The Morgan fingerprint density at radius 1 is 1.50 bits per heavy atom. The number of hydrogen-bond donors (Lipinski definition) is 1. The fraction of sp³-hybridized carbons (Fsp3) is 0.692. The summed E-state index contributed by atoms with van der Waals surface area (Å²) in [7, 11) is 3.25. The highest BCUT2D eigenvalue weighted by molar-refractivity contribution is 5.82. The Morgan fingerprint density at radius 2 is 2.27 bits per heavy atom. The van der Waals surface area contributed by atoms with Crippen LogP contribution in [-0.2, 0) is 27.2 Å². The van der Waals surface area contributed by atoms with Gasteiger partial charge < -0.3 is 9.47 Å². The SMILES string of the molecule is CCOC(=O)Nc1nc2n(n1)CC(N(C)CC(=O)OC)CC2. The number of fused-ring (bicyclic) bond motifs is 1. The van der Waals surface area contributed by atoms with Gasteiger partial charge >= 0.3 is 12.1 Å². The minimum Gasteiger partial charge on any atom is -0.468 e. The van der Waals surface area contributed by atoms with Gasteiger partial charge in [0.2, 0.25) is 0 Å². The van der Waals surface area contributed by atoms with Crippen molar-refractivity contribution in [2.75, 3.05) is 32.6 Å². The zero-order chi connectivity index (χ0) is 16.1. The monoisotopic (exact) mass is 311 g/mol. The molecule has 1 amide bonds. The van der Waals surface area contributed by atoms with Gasteiger partial charge in [0.15, 0.2) is 0 Å². The summed E-state index contributed by atoms with van der Waals surface area (Å²) in [6, 6.07) is 0.170. The maximum Gasteiger partial charge on any atom is 0.414 e. The number of anilines is 1. The second-order valence-electron chi connectivity index (χ2n) is 5.06. The molecule has 0 saturated heterocycles. The molecule has 0 aromatic carbocycles. The highest BCUT2D eigenvalue weighted by atomic mass is 16.5. The van der Waals surface area contributed by atoms with Crippen molar-refractivity contribution in [3.8, 4) is 0 Å². The summed E-state index contributed by atoms with van der Waals surface area (Å²) in [6.45, 7) is 2.87. The molecule has 0 radical (unpaired) electrons. The van der Waals surface area contributed by atoms with Crippen LogP contribution in [0.5, 0.6) is 0 Å². The van der Waals surface area contributed by atoms with E-state index in [0.717, 1.165) is 18.7 Å². The molecule has 2 rings (SSSR count). The smallest absolute Gasteiger partial charge is 0.414 e. The topological polar surface area (TPSA) is 98.6 Å². The molecule has 1 aromatic heterocycles. The van der Waals surface area contributed by atoms with Crippen molar-refractivity contribution in [3.05, 3.63) is 5.82 Å². The van der Waals surface area contributed by atoms with Gasteiger partial charge in [-0.15, -0.1) is 5.10 Å². The van der Waals surface area contributed by atoms with Crippen LogP contribution < -0.4 is 5.32 Å². The summed E-state index contributed by atoms with van der Waals surface area (Å²) in [5.41, 5.74) is 0. The third-order valence-corrected chi connectivity index (χ3v) is 3.55. The maximum absolute atomic E-state index is 11.4. The molecule has 1 unspecified atom stereocenters. The zero-order valence-corrected chi connectivity index (χ0v) is 13.0. The van der Waals surface area contributed by atoms with Gasteiger partial charge in [-0.3, -0.25) is 15.0 Å². The number of rotatable bonds is 5. The van der Waals surface area contributed by atoms with E-state index in [1.807, 2.05) is 11.9 Å². The van der Waals surface area contributed by atoms with Crippen molar-refractivity contribution in [3.63, 3.8) is 0 Å². The van der Waals surface area contributed by atoms with Crippen molar-refractivity contribution >= 4 is 18.0 Å². The third-order valence-electron chi connectivity index (χ3n) is 3.55. The number of methoxy groups -OCH3 is 1. The summed E-state index contributed by atoms with van der Waals surface area (Å²) >= 11 is 0. The summed E-state index contributed by atoms with van der Waals surface area (Å²) in [4.78, 5) is 28.9. The van der Waals surface area contributed by atoms with Crippen LogP contribution in [-0.4, -0.2) is 65.1 Å². The summed E-state index contributed by atoms with van der Waals surface area (Å²) in [5.74, 6) is 0.788. The third kappa shape index (κ3) is 3.94. The van der Waals surface area contributed by atoms with E-state index in [9.17, 15) is 9.59 Å². The molecule has 122 valence electrons. The molecule has 1 aliphatic rings. The van der Waals surface area contributed by atoms with Crippen molar-refractivity contribution < 1.29 is 19.1 Å². The molecule has 9 heteroatoms. The fourth-order valence-electron chi connectivity index (χ4n) is 2.36. The molecule has 1 atom stereocenters. The number of aromatic nitrogens is 3. The van der Waals surface area contributed by atoms with Crippen molar-refractivity contribution in [1.82, 2.24) is 19.7 Å². The molecule has 0 aliphatic carbocycles. The van der Waals surface area contributed by atoms with Crippen molar-refractivity contribution in [2.24, 2.45) is 0 Å². The molecule has 1 aliphatic heterocycles. The minimum atomic E-state index is -0.565. The normalized spacial score (nSPS) is 17.0. The average molecular weight is 311 g/mol. The van der Waals surface area contributed by atoms with Gasteiger partial charge in [0.25, 0.3) is 5.95 Å². The number of likely N-dealkylation sites (N-methyl/N-ethyl adjacent to an activating group) is 1. The number of carbonyl (C=O) groups excluding carboxylic acids is 2. The quantitative estimate of drug-likeness (QED) is 0.779. The molecule has 0 spiro atoms. The fourth-order valence-corrected chi connectivity index (χ4v) is 2.36. The lowest BCUT2D eigenvalue weighted by molar-refractivity contribution is -0.142. The molecular formula is C13H21N5O4. The van der Waals surface area contributed by atoms with E-state index in [2.05, 4.69) is 20.1 Å². The minimum absolute atomic E-state index is 0.170. The van der Waals surface area contributed by atoms with E-state index < -0.39 is 6.09 Å². The number of amides is 1. The van der Waals surface area contributed by atoms with Crippen LogP contribution >= 0.6 is 0 Å². The molecule has 2 heterocycles. The van der Waals surface area contributed by atoms with Crippen LogP contribution in [0.4, 0.5) is 10.7 Å². The average Bonchev–Trinajstić information content (AvgIpc) is 2.88. The second-order valence-corrected chi connectivity index (χ2v) is 5.06. The van der Waals surface area contributed by atoms with Gasteiger partial charge in [-0.1, -0.05) is 0 Å². The lowest BCUT2D eigenvalue weighted by Crippen LogP contribution is -2.42. The number of ether oxygens (including phenoxy) is 2. The molecule has 1 N–H and O–H groups in total. The molecule has 9 nitrogen and oxygen atoms in total. The summed E-state index contributed by atoms with van der Waals surface area (Å²) in [5, 5.41) is 6.75. The van der Waals surface area contributed by atoms with E-state index >= 15 is 0 Å². The lowest BCUT2D eigenvalue weighted by atomic mass is 10.1. The molecule has 1 aromatic rings. The van der Waals surface area contributed by atoms with Crippen LogP contribution in [0, 0.1) is 0 Å². The van der Waals surface area contributed by atoms with Gasteiger partial charge in [0.05, 0.1) is 26.8 Å². The molecule has 0 saturated carbocycles. The number of nitrogens with zero attached hydrogens (tertiary/aromatic N) is 4. The van der Waals surface area contributed by atoms with Crippen LogP contribution in [0.2, 0.25) is 0 Å². The first-order chi connectivity index (χ1) is 10.5. The number of nitrogens with one attached hydrogen (secondary N) is 1. The number of carbonyl (C=O) groups is 2. The highest BCUT2D eigenvalue weighted by Gasteiger charge is 2.26. The highest BCUT2D eigenvalue weighted by Crippen LogP contribution is 2.18. The van der Waals surface area contributed by atoms with E-state index in [1.54, 1.807) is 11.6 Å². The Balaban J connectivity index is 1.97. The standard InChI is InChI=1S/C13H21N5O4/c1-4-22-13(20)15-12-14-10-6-5-9(7-18(10)16-12)17(2)8-11(19)21-3/h9H,4-8H2,1-3H3,(H,15,16,20). The second kappa shape index (κ2) is 7.21. The summed E-state index contributed by atoms with van der Waals surface area (Å²) in [6.07, 6.45) is 1.03. The molecule has 0 bridgehead atoms. The van der Waals surface area contributed by atoms with Gasteiger partial charge in [-0.05, 0) is 20.4 Å². The Kier molecular flexibility index (Phi) is 5.31. The Labute approximate surface area is 128 Å². The largest absolute Gasteiger partial charge is 0.468 e. The van der Waals surface area contributed by atoms with Crippen LogP contribution in [0.3, 0.4) is 0 Å². The maximum atomic E-state index is 11.4. The number of hydrogen-bond acceptors (Lipinski definition) is 7. The van der Waals surface area contributed by atoms with Crippen LogP contribution in [0.25, 0.3) is 0 Å². The van der Waals surface area contributed by atoms with Crippen LogP contribution in [0.15, 0.2) is 0 Å². The first-order valence-electron chi connectivity index (χ1n) is 7.18. The van der Waals surface area contributed by atoms with E-state index in [4.69, 9.17) is 4.74 Å². The number of esters is 1. The van der Waals surface area contributed by atoms with E-state index in [-0.39, 0.29) is 24.5 Å². The molecular weight excluding hydrogens is 290 g/mol.